The van der Waals surface area contributed by atoms with Crippen molar-refractivity contribution in [2.24, 2.45) is 0 Å². The van der Waals surface area contributed by atoms with Gasteiger partial charge in [-0.1, -0.05) is 25.4 Å². The van der Waals surface area contributed by atoms with E-state index in [1.54, 1.807) is 6.20 Å². The monoisotopic (exact) mass is 356 g/mol. The second-order valence-corrected chi connectivity index (χ2v) is 6.22. The lowest BCUT2D eigenvalue weighted by Gasteiger charge is -2.05. The SMILES string of the molecule is CC(C)NCCCc1ncc(-c2ccc(Br)c(Cl)c2)o1. The van der Waals surface area contributed by atoms with Crippen molar-refractivity contribution in [2.75, 3.05) is 6.54 Å². The van der Waals surface area contributed by atoms with E-state index in [0.29, 0.717) is 11.1 Å². The van der Waals surface area contributed by atoms with E-state index in [4.69, 9.17) is 16.0 Å². The molecule has 0 amide bonds. The highest BCUT2D eigenvalue weighted by atomic mass is 79.9. The Morgan fingerprint density at radius 3 is 2.90 bits per heavy atom. The van der Waals surface area contributed by atoms with Crippen LogP contribution in [0.5, 0.6) is 0 Å². The number of hydrogen-bond acceptors (Lipinski definition) is 3. The molecule has 0 fully saturated rings. The van der Waals surface area contributed by atoms with Gasteiger partial charge in [0.1, 0.15) is 0 Å². The topological polar surface area (TPSA) is 38.1 Å². The molecule has 0 unspecified atom stereocenters. The predicted octanol–water partition coefficient (Wildman–Crippen LogP) is 4.69. The minimum Gasteiger partial charge on any atom is -0.441 e. The third-order valence-corrected chi connectivity index (χ3v) is 4.11. The van der Waals surface area contributed by atoms with E-state index < -0.39 is 0 Å². The quantitative estimate of drug-likeness (QED) is 0.762. The van der Waals surface area contributed by atoms with Gasteiger partial charge in [-0.2, -0.15) is 0 Å². The number of nitrogens with one attached hydrogen (secondary N) is 1. The minimum atomic E-state index is 0.514. The Hall–Kier alpha value is -0.840. The fraction of sp³-hybridized carbons (Fsp3) is 0.400. The average molecular weight is 358 g/mol. The smallest absolute Gasteiger partial charge is 0.194 e. The molecule has 0 saturated heterocycles. The molecular formula is C15H18BrClN2O. The Labute approximate surface area is 132 Å². The van der Waals surface area contributed by atoms with E-state index in [2.05, 4.69) is 40.1 Å². The molecule has 0 aliphatic carbocycles. The van der Waals surface area contributed by atoms with E-state index in [-0.39, 0.29) is 0 Å². The molecule has 0 bridgehead atoms. The molecule has 1 aromatic heterocycles. The molecule has 2 rings (SSSR count). The van der Waals surface area contributed by atoms with Crippen LogP contribution in [0.3, 0.4) is 0 Å². The van der Waals surface area contributed by atoms with Gasteiger partial charge in [0, 0.05) is 22.5 Å². The average Bonchev–Trinajstić information content (AvgIpc) is 2.86. The van der Waals surface area contributed by atoms with Crippen molar-refractivity contribution < 1.29 is 4.42 Å². The third kappa shape index (κ3) is 4.33. The van der Waals surface area contributed by atoms with Crippen LogP contribution >= 0.6 is 27.5 Å². The first-order chi connectivity index (χ1) is 9.56. The summed E-state index contributed by atoms with van der Waals surface area (Å²) in [6.07, 6.45) is 3.61. The lowest BCUT2D eigenvalue weighted by molar-refractivity contribution is 0.484. The maximum Gasteiger partial charge on any atom is 0.194 e. The van der Waals surface area contributed by atoms with Gasteiger partial charge in [-0.25, -0.2) is 4.98 Å². The molecule has 0 atom stereocenters. The number of hydrogen-bond donors (Lipinski definition) is 1. The van der Waals surface area contributed by atoms with Crippen molar-refractivity contribution in [1.82, 2.24) is 10.3 Å². The van der Waals surface area contributed by atoms with Crippen LogP contribution in [0.2, 0.25) is 5.02 Å². The maximum absolute atomic E-state index is 6.09. The molecule has 0 spiro atoms. The number of aromatic nitrogens is 1. The van der Waals surface area contributed by atoms with E-state index in [9.17, 15) is 0 Å². The first kappa shape index (κ1) is 15.5. The molecule has 1 aromatic carbocycles. The predicted molar refractivity (Wildman–Crippen MR) is 86.1 cm³/mol. The van der Waals surface area contributed by atoms with Crippen LogP contribution < -0.4 is 5.32 Å². The van der Waals surface area contributed by atoms with Gasteiger partial charge >= 0.3 is 0 Å². The Balaban J connectivity index is 1.96. The molecule has 0 aliphatic heterocycles. The highest BCUT2D eigenvalue weighted by Crippen LogP contribution is 2.29. The second kappa shape index (κ2) is 7.25. The van der Waals surface area contributed by atoms with Gasteiger partial charge in [-0.15, -0.1) is 0 Å². The normalized spacial score (nSPS) is 11.2. The first-order valence-electron chi connectivity index (χ1n) is 6.70. The van der Waals surface area contributed by atoms with Gasteiger partial charge in [0.25, 0.3) is 0 Å². The van der Waals surface area contributed by atoms with Gasteiger partial charge in [0.15, 0.2) is 11.7 Å². The summed E-state index contributed by atoms with van der Waals surface area (Å²) in [7, 11) is 0. The summed E-state index contributed by atoms with van der Waals surface area (Å²) in [5.41, 5.74) is 0.942. The van der Waals surface area contributed by atoms with E-state index in [1.807, 2.05) is 18.2 Å². The van der Waals surface area contributed by atoms with Gasteiger partial charge in [-0.3, -0.25) is 0 Å². The highest BCUT2D eigenvalue weighted by molar-refractivity contribution is 9.10. The van der Waals surface area contributed by atoms with Crippen molar-refractivity contribution in [1.29, 1.82) is 0 Å². The summed E-state index contributed by atoms with van der Waals surface area (Å²) in [6.45, 7) is 5.25. The van der Waals surface area contributed by atoms with Gasteiger partial charge < -0.3 is 9.73 Å². The van der Waals surface area contributed by atoms with E-state index >= 15 is 0 Å². The van der Waals surface area contributed by atoms with Crippen LogP contribution in [0.4, 0.5) is 0 Å². The lowest BCUT2D eigenvalue weighted by atomic mass is 10.2. The van der Waals surface area contributed by atoms with Crippen LogP contribution in [-0.4, -0.2) is 17.6 Å². The van der Waals surface area contributed by atoms with E-state index in [0.717, 1.165) is 41.1 Å². The van der Waals surface area contributed by atoms with Crippen molar-refractivity contribution in [2.45, 2.75) is 32.7 Å². The third-order valence-electron chi connectivity index (χ3n) is 2.88. The van der Waals surface area contributed by atoms with Gasteiger partial charge in [0.05, 0.1) is 11.2 Å². The number of benzene rings is 1. The summed E-state index contributed by atoms with van der Waals surface area (Å²) in [4.78, 5) is 4.31. The largest absolute Gasteiger partial charge is 0.441 e. The molecule has 5 heteroatoms. The number of halogens is 2. The van der Waals surface area contributed by atoms with Crippen LogP contribution in [0, 0.1) is 0 Å². The summed E-state index contributed by atoms with van der Waals surface area (Å²) >= 11 is 9.46. The van der Waals surface area contributed by atoms with Crippen LogP contribution in [0.1, 0.15) is 26.2 Å². The van der Waals surface area contributed by atoms with Crippen molar-refractivity contribution in [3.05, 3.63) is 39.8 Å². The Morgan fingerprint density at radius 2 is 2.20 bits per heavy atom. The number of aryl methyl sites for hydroxylation is 1. The Kier molecular flexibility index (Phi) is 5.64. The number of rotatable bonds is 6. The molecule has 1 N–H and O–H groups in total. The summed E-state index contributed by atoms with van der Waals surface area (Å²) < 4.78 is 6.64. The van der Waals surface area contributed by atoms with Crippen molar-refractivity contribution in [3.8, 4) is 11.3 Å². The molecule has 0 saturated carbocycles. The molecule has 0 aliphatic rings. The van der Waals surface area contributed by atoms with E-state index in [1.165, 1.54) is 0 Å². The van der Waals surface area contributed by atoms with Crippen LogP contribution in [0.15, 0.2) is 33.3 Å². The van der Waals surface area contributed by atoms with Crippen molar-refractivity contribution >= 4 is 27.5 Å². The fourth-order valence-corrected chi connectivity index (χ4v) is 2.27. The zero-order chi connectivity index (χ0) is 14.5. The molecule has 20 heavy (non-hydrogen) atoms. The molecule has 1 heterocycles. The molecule has 108 valence electrons. The molecule has 3 nitrogen and oxygen atoms in total. The standard InChI is InChI=1S/C15H18BrClN2O/c1-10(2)18-7-3-4-15-19-9-14(20-15)11-5-6-12(16)13(17)8-11/h5-6,8-10,18H,3-4,7H2,1-2H3. The zero-order valence-electron chi connectivity index (χ0n) is 11.6. The second-order valence-electron chi connectivity index (χ2n) is 4.96. The van der Waals surface area contributed by atoms with Crippen molar-refractivity contribution in [3.63, 3.8) is 0 Å². The fourth-order valence-electron chi connectivity index (χ4n) is 1.84. The van der Waals surface area contributed by atoms with Gasteiger partial charge in [-0.05, 0) is 47.1 Å². The summed E-state index contributed by atoms with van der Waals surface area (Å²) in [5, 5.41) is 4.04. The Morgan fingerprint density at radius 1 is 1.40 bits per heavy atom. The molecule has 0 radical (unpaired) electrons. The summed E-state index contributed by atoms with van der Waals surface area (Å²) in [6, 6.07) is 6.25. The zero-order valence-corrected chi connectivity index (χ0v) is 14.0. The lowest BCUT2D eigenvalue weighted by Crippen LogP contribution is -2.23. The molecular weight excluding hydrogens is 340 g/mol. The highest BCUT2D eigenvalue weighted by Gasteiger charge is 2.08. The summed E-state index contributed by atoms with van der Waals surface area (Å²) in [5.74, 6) is 1.52. The maximum atomic E-state index is 6.09. The number of oxazole rings is 1. The van der Waals surface area contributed by atoms with Crippen LogP contribution in [-0.2, 0) is 6.42 Å². The first-order valence-corrected chi connectivity index (χ1v) is 7.87. The van der Waals surface area contributed by atoms with Gasteiger partial charge in [0.2, 0.25) is 0 Å². The Bertz CT molecular complexity index is 569. The number of nitrogens with zero attached hydrogens (tertiary/aromatic N) is 1. The minimum absolute atomic E-state index is 0.514. The van der Waals surface area contributed by atoms with Crippen LogP contribution in [0.25, 0.3) is 11.3 Å². The molecule has 2 aromatic rings.